The molecule has 1 atom stereocenters. The van der Waals surface area contributed by atoms with Crippen LogP contribution in [0.2, 0.25) is 0 Å². The van der Waals surface area contributed by atoms with Gasteiger partial charge >= 0.3 is 0 Å². The third-order valence-corrected chi connectivity index (χ3v) is 5.00. The molecule has 0 aliphatic carbocycles. The lowest BCUT2D eigenvalue weighted by Crippen LogP contribution is -2.52. The molecule has 0 saturated carbocycles. The van der Waals surface area contributed by atoms with Crippen molar-refractivity contribution >= 4 is 11.8 Å². The lowest BCUT2D eigenvalue weighted by atomic mass is 9.99. The van der Waals surface area contributed by atoms with E-state index in [1.807, 2.05) is 0 Å². The van der Waals surface area contributed by atoms with E-state index in [1.165, 1.54) is 56.9 Å². The molecule has 100 valence electrons. The number of nitrogens with zero attached hydrogens (tertiary/aromatic N) is 1. The highest BCUT2D eigenvalue weighted by atomic mass is 32.2. The van der Waals surface area contributed by atoms with Gasteiger partial charge in [0.15, 0.2) is 0 Å². The van der Waals surface area contributed by atoms with E-state index in [9.17, 15) is 0 Å². The third-order valence-electron chi connectivity index (χ3n) is 3.95. The van der Waals surface area contributed by atoms with Crippen molar-refractivity contribution in [1.82, 2.24) is 10.2 Å². The Hall–Kier alpha value is 0.270. The van der Waals surface area contributed by atoms with Crippen LogP contribution in [0.4, 0.5) is 0 Å². The van der Waals surface area contributed by atoms with Gasteiger partial charge in [-0.05, 0) is 42.6 Å². The van der Waals surface area contributed by atoms with Crippen LogP contribution in [-0.4, -0.2) is 48.6 Å². The maximum Gasteiger partial charge on any atom is 0.0198 e. The first-order valence-corrected chi connectivity index (χ1v) is 8.43. The largest absolute Gasteiger partial charge is 0.311 e. The predicted octanol–water partition coefficient (Wildman–Crippen LogP) is 2.45. The number of rotatable bonds is 4. The van der Waals surface area contributed by atoms with E-state index in [-0.39, 0.29) is 0 Å². The van der Waals surface area contributed by atoms with Crippen LogP contribution < -0.4 is 5.32 Å². The molecule has 2 rings (SSSR count). The van der Waals surface area contributed by atoms with Crippen LogP contribution in [-0.2, 0) is 0 Å². The Labute approximate surface area is 111 Å². The summed E-state index contributed by atoms with van der Waals surface area (Å²) in [6, 6.07) is 0.738. The Morgan fingerprint density at radius 2 is 2.06 bits per heavy atom. The Balaban J connectivity index is 1.72. The average Bonchev–Trinajstić information content (AvgIpc) is 2.30. The van der Waals surface area contributed by atoms with Crippen molar-refractivity contribution in [3.8, 4) is 0 Å². The van der Waals surface area contributed by atoms with Crippen LogP contribution in [0.15, 0.2) is 0 Å². The summed E-state index contributed by atoms with van der Waals surface area (Å²) in [7, 11) is 0. The molecular formula is C14H28N2S. The Bertz CT molecular complexity index is 214. The molecule has 2 nitrogen and oxygen atoms in total. The summed E-state index contributed by atoms with van der Waals surface area (Å²) in [4.78, 5) is 2.71. The average molecular weight is 256 g/mol. The van der Waals surface area contributed by atoms with Gasteiger partial charge in [0.05, 0.1) is 0 Å². The van der Waals surface area contributed by atoms with Crippen LogP contribution in [0.1, 0.15) is 33.1 Å². The van der Waals surface area contributed by atoms with E-state index in [2.05, 4.69) is 35.8 Å². The maximum absolute atomic E-state index is 3.67. The summed E-state index contributed by atoms with van der Waals surface area (Å²) in [6.07, 6.45) is 4.23. The highest BCUT2D eigenvalue weighted by molar-refractivity contribution is 7.99. The first kappa shape index (κ1) is 13.7. The third kappa shape index (κ3) is 4.80. The van der Waals surface area contributed by atoms with Gasteiger partial charge in [-0.3, -0.25) is 0 Å². The second-order valence-electron chi connectivity index (χ2n) is 6.10. The molecule has 2 aliphatic rings. The smallest absolute Gasteiger partial charge is 0.0198 e. The van der Waals surface area contributed by atoms with Gasteiger partial charge in [-0.15, -0.1) is 0 Å². The van der Waals surface area contributed by atoms with E-state index < -0.39 is 0 Å². The number of hydrogen-bond donors (Lipinski definition) is 1. The Kier molecular flexibility index (Phi) is 5.64. The van der Waals surface area contributed by atoms with Crippen LogP contribution >= 0.6 is 11.8 Å². The monoisotopic (exact) mass is 256 g/mol. The molecule has 0 aromatic carbocycles. The van der Waals surface area contributed by atoms with E-state index >= 15 is 0 Å². The first-order valence-electron chi connectivity index (χ1n) is 7.27. The minimum Gasteiger partial charge on any atom is -0.311 e. The molecule has 0 amide bonds. The highest BCUT2D eigenvalue weighted by Gasteiger charge is 2.23. The molecule has 17 heavy (non-hydrogen) atoms. The lowest BCUT2D eigenvalue weighted by molar-refractivity contribution is 0.159. The number of thioether (sulfide) groups is 1. The normalized spacial score (nSPS) is 28.8. The van der Waals surface area contributed by atoms with Crippen molar-refractivity contribution < 1.29 is 0 Å². The van der Waals surface area contributed by atoms with E-state index in [1.54, 1.807) is 0 Å². The van der Waals surface area contributed by atoms with Crippen LogP contribution in [0.25, 0.3) is 0 Å². The van der Waals surface area contributed by atoms with Gasteiger partial charge in [0, 0.05) is 32.2 Å². The van der Waals surface area contributed by atoms with Gasteiger partial charge in [-0.1, -0.05) is 13.8 Å². The minimum absolute atomic E-state index is 0.738. The van der Waals surface area contributed by atoms with Crippen molar-refractivity contribution in [1.29, 1.82) is 0 Å². The van der Waals surface area contributed by atoms with Crippen molar-refractivity contribution in [3.63, 3.8) is 0 Å². The quantitative estimate of drug-likeness (QED) is 0.832. The fourth-order valence-electron chi connectivity index (χ4n) is 3.08. The standard InChI is InChI=1S/C14H28N2S/c1-12(2)9-14-11-16(6-5-15-14)10-13-3-7-17-8-4-13/h12-15H,3-11H2,1-2H3. The summed E-state index contributed by atoms with van der Waals surface area (Å²) in [5.41, 5.74) is 0. The van der Waals surface area contributed by atoms with Gasteiger partial charge in [-0.2, -0.15) is 11.8 Å². The highest BCUT2D eigenvalue weighted by Crippen LogP contribution is 2.24. The van der Waals surface area contributed by atoms with Crippen molar-refractivity contribution in [2.24, 2.45) is 11.8 Å². The Morgan fingerprint density at radius 1 is 1.29 bits per heavy atom. The lowest BCUT2D eigenvalue weighted by Gasteiger charge is -2.37. The number of hydrogen-bond acceptors (Lipinski definition) is 3. The van der Waals surface area contributed by atoms with Crippen LogP contribution in [0.5, 0.6) is 0 Å². The fourth-order valence-corrected chi connectivity index (χ4v) is 4.29. The summed E-state index contributed by atoms with van der Waals surface area (Å²) >= 11 is 2.14. The van der Waals surface area contributed by atoms with Crippen LogP contribution in [0, 0.1) is 11.8 Å². The molecule has 2 fully saturated rings. The molecule has 0 bridgehead atoms. The van der Waals surface area contributed by atoms with Gasteiger partial charge < -0.3 is 10.2 Å². The van der Waals surface area contributed by atoms with Gasteiger partial charge in [-0.25, -0.2) is 0 Å². The topological polar surface area (TPSA) is 15.3 Å². The summed E-state index contributed by atoms with van der Waals surface area (Å²) < 4.78 is 0. The van der Waals surface area contributed by atoms with Crippen molar-refractivity contribution in [3.05, 3.63) is 0 Å². The van der Waals surface area contributed by atoms with Gasteiger partial charge in [0.2, 0.25) is 0 Å². The first-order chi connectivity index (χ1) is 8.24. The predicted molar refractivity (Wildman–Crippen MR) is 77.7 cm³/mol. The minimum atomic E-state index is 0.738. The molecule has 2 heterocycles. The second kappa shape index (κ2) is 7.01. The van der Waals surface area contributed by atoms with Crippen molar-refractivity contribution in [2.45, 2.75) is 39.2 Å². The summed E-state index contributed by atoms with van der Waals surface area (Å²) in [5.74, 6) is 4.59. The van der Waals surface area contributed by atoms with Crippen LogP contribution in [0.3, 0.4) is 0 Å². The summed E-state index contributed by atoms with van der Waals surface area (Å²) in [6.45, 7) is 9.76. The zero-order valence-corrected chi connectivity index (χ0v) is 12.3. The van der Waals surface area contributed by atoms with E-state index in [0.717, 1.165) is 17.9 Å². The number of piperazine rings is 1. The molecule has 0 spiro atoms. The molecular weight excluding hydrogens is 228 g/mol. The SMILES string of the molecule is CC(C)CC1CN(CC2CCSCC2)CCN1. The number of nitrogens with one attached hydrogen (secondary N) is 1. The fraction of sp³-hybridized carbons (Fsp3) is 1.00. The van der Waals surface area contributed by atoms with Gasteiger partial charge in [0.1, 0.15) is 0 Å². The molecule has 2 aliphatic heterocycles. The second-order valence-corrected chi connectivity index (χ2v) is 7.32. The molecule has 1 unspecified atom stereocenters. The summed E-state index contributed by atoms with van der Waals surface area (Å²) in [5, 5.41) is 3.67. The zero-order chi connectivity index (χ0) is 12.1. The molecule has 1 N–H and O–H groups in total. The van der Waals surface area contributed by atoms with E-state index in [0.29, 0.717) is 0 Å². The van der Waals surface area contributed by atoms with Gasteiger partial charge in [0.25, 0.3) is 0 Å². The Morgan fingerprint density at radius 3 is 2.76 bits per heavy atom. The van der Waals surface area contributed by atoms with Crippen molar-refractivity contribution in [2.75, 3.05) is 37.7 Å². The molecule has 0 radical (unpaired) electrons. The van der Waals surface area contributed by atoms with E-state index in [4.69, 9.17) is 0 Å². The molecule has 3 heteroatoms. The maximum atomic E-state index is 3.67. The molecule has 0 aromatic rings. The zero-order valence-electron chi connectivity index (χ0n) is 11.5. The molecule has 2 saturated heterocycles. The molecule has 0 aromatic heterocycles.